The van der Waals surface area contributed by atoms with Crippen molar-refractivity contribution in [2.75, 3.05) is 0 Å². The Labute approximate surface area is 74.8 Å². The average molecular weight is 203 g/mol. The molecule has 65 valence electrons. The summed E-state index contributed by atoms with van der Waals surface area (Å²) in [6, 6.07) is 0. The van der Waals surface area contributed by atoms with Crippen LogP contribution in [0.3, 0.4) is 0 Å². The maximum absolute atomic E-state index is 9.87. The molecular weight excluding hydrogens is 195 g/mol. The molecule has 11 heavy (non-hydrogen) atoms. The van der Waals surface area contributed by atoms with Crippen LogP contribution in [0.4, 0.5) is 0 Å². The zero-order valence-electron chi connectivity index (χ0n) is 5.96. The first-order chi connectivity index (χ1) is 4.52. The number of carboxylic acid groups (broad SMARTS) is 2. The van der Waals surface area contributed by atoms with Gasteiger partial charge in [0.1, 0.15) is 0 Å². The zero-order valence-corrected chi connectivity index (χ0v) is 7.00. The molecule has 0 atom stereocenters. The Morgan fingerprint density at radius 1 is 1.18 bits per heavy atom. The Bertz CT molecular complexity index is 130. The Balaban J connectivity index is 0. The summed E-state index contributed by atoms with van der Waals surface area (Å²) in [5, 5.41) is 19.7. The fourth-order valence-electron chi connectivity index (χ4n) is 0.641. The summed E-state index contributed by atoms with van der Waals surface area (Å²) in [6.45, 7) is 1.52. The minimum absolute atomic E-state index is 0. The molecule has 0 aliphatic carbocycles. The van der Waals surface area contributed by atoms with E-state index in [1.54, 1.807) is 0 Å². The predicted molar refractivity (Wildman–Crippen MR) is 28.4 cm³/mol. The summed E-state index contributed by atoms with van der Waals surface area (Å²) in [5.74, 6) is -2.86. The van der Waals surface area contributed by atoms with E-state index in [1.165, 1.54) is 6.92 Å². The van der Waals surface area contributed by atoms with Crippen LogP contribution < -0.4 is 10.2 Å². The van der Waals surface area contributed by atoms with E-state index in [2.05, 4.69) is 0 Å². The Morgan fingerprint density at radius 2 is 1.45 bits per heavy atom. The van der Waals surface area contributed by atoms with Crippen LogP contribution in [-0.4, -0.2) is 11.9 Å². The fourth-order valence-corrected chi connectivity index (χ4v) is 0.641. The molecule has 0 aliphatic heterocycles. The zero-order chi connectivity index (χ0) is 8.15. The number of hydrogen-bond acceptors (Lipinski definition) is 4. The third kappa shape index (κ3) is 9.45. The van der Waals surface area contributed by atoms with Gasteiger partial charge in [-0.15, -0.1) is 0 Å². The summed E-state index contributed by atoms with van der Waals surface area (Å²) >= 11 is 0. The SMILES string of the molecule is CC(CC(=O)[O-])CC(=O)[O-].[Co+2]. The molecule has 0 heterocycles. The minimum atomic E-state index is -1.23. The van der Waals surface area contributed by atoms with Gasteiger partial charge in [0.05, 0.1) is 0 Å². The first kappa shape index (κ1) is 13.1. The van der Waals surface area contributed by atoms with Crippen LogP contribution in [0.2, 0.25) is 0 Å². The van der Waals surface area contributed by atoms with E-state index in [0.29, 0.717) is 0 Å². The Hall–Kier alpha value is -0.554. The van der Waals surface area contributed by atoms with Crippen molar-refractivity contribution in [2.45, 2.75) is 19.8 Å². The summed E-state index contributed by atoms with van der Waals surface area (Å²) < 4.78 is 0. The summed E-state index contributed by atoms with van der Waals surface area (Å²) in [6.07, 6.45) is -0.456. The Kier molecular flexibility index (Phi) is 7.34. The van der Waals surface area contributed by atoms with E-state index >= 15 is 0 Å². The first-order valence-electron chi connectivity index (χ1n) is 2.92. The minimum Gasteiger partial charge on any atom is -0.550 e. The molecule has 0 amide bonds. The van der Waals surface area contributed by atoms with Crippen LogP contribution in [-0.2, 0) is 26.4 Å². The maximum Gasteiger partial charge on any atom is 2.00 e. The second-order valence-corrected chi connectivity index (χ2v) is 2.26. The molecule has 4 nitrogen and oxygen atoms in total. The molecule has 0 bridgehead atoms. The van der Waals surface area contributed by atoms with Crippen LogP contribution in [0.25, 0.3) is 0 Å². The normalized spacial score (nSPS) is 8.91. The predicted octanol–water partition coefficient (Wildman–Crippen LogP) is -2.10. The number of rotatable bonds is 4. The quantitative estimate of drug-likeness (QED) is 0.524. The number of carbonyl (C=O) groups is 2. The molecule has 0 fully saturated rings. The fraction of sp³-hybridized carbons (Fsp3) is 0.667. The van der Waals surface area contributed by atoms with E-state index in [-0.39, 0.29) is 29.6 Å². The van der Waals surface area contributed by atoms with Gasteiger partial charge in [0.15, 0.2) is 0 Å². The van der Waals surface area contributed by atoms with E-state index in [0.717, 1.165) is 0 Å². The molecule has 0 saturated carbocycles. The van der Waals surface area contributed by atoms with Gasteiger partial charge < -0.3 is 19.8 Å². The van der Waals surface area contributed by atoms with Crippen LogP contribution in [0, 0.1) is 5.92 Å². The average Bonchev–Trinajstić information content (AvgIpc) is 1.58. The van der Waals surface area contributed by atoms with Crippen molar-refractivity contribution >= 4 is 11.9 Å². The number of carbonyl (C=O) groups excluding carboxylic acids is 2. The molecule has 0 spiro atoms. The van der Waals surface area contributed by atoms with Gasteiger partial charge in [0.2, 0.25) is 0 Å². The standard InChI is InChI=1S/C6H10O4.Co/c1-4(2-5(7)8)3-6(9)10;/h4H,2-3H2,1H3,(H,7,8)(H,9,10);/q;+2/p-2. The van der Waals surface area contributed by atoms with Gasteiger partial charge in [0.25, 0.3) is 0 Å². The molecule has 0 aromatic carbocycles. The molecule has 0 aliphatic rings. The van der Waals surface area contributed by atoms with Gasteiger partial charge in [-0.25, -0.2) is 0 Å². The maximum atomic E-state index is 9.87. The molecule has 0 saturated heterocycles. The van der Waals surface area contributed by atoms with Crippen LogP contribution >= 0.6 is 0 Å². The van der Waals surface area contributed by atoms with Gasteiger partial charge in [-0.3, -0.25) is 0 Å². The smallest absolute Gasteiger partial charge is 0.550 e. The molecule has 0 N–H and O–H groups in total. The topological polar surface area (TPSA) is 80.3 Å². The molecule has 0 unspecified atom stereocenters. The summed E-state index contributed by atoms with van der Waals surface area (Å²) in [5.41, 5.74) is 0. The molecule has 0 rings (SSSR count). The van der Waals surface area contributed by atoms with Crippen LogP contribution in [0.1, 0.15) is 19.8 Å². The molecule has 0 aromatic heterocycles. The van der Waals surface area contributed by atoms with Crippen molar-refractivity contribution in [3.8, 4) is 0 Å². The largest absolute Gasteiger partial charge is 2.00 e. The molecule has 1 radical (unpaired) electrons. The van der Waals surface area contributed by atoms with Crippen molar-refractivity contribution < 1.29 is 36.6 Å². The second-order valence-electron chi connectivity index (χ2n) is 2.26. The van der Waals surface area contributed by atoms with E-state index in [9.17, 15) is 19.8 Å². The van der Waals surface area contributed by atoms with Gasteiger partial charge in [-0.2, -0.15) is 0 Å². The van der Waals surface area contributed by atoms with Gasteiger partial charge >= 0.3 is 16.8 Å². The van der Waals surface area contributed by atoms with Gasteiger partial charge in [0, 0.05) is 11.9 Å². The van der Waals surface area contributed by atoms with E-state index in [1.807, 2.05) is 0 Å². The van der Waals surface area contributed by atoms with Crippen molar-refractivity contribution in [2.24, 2.45) is 5.92 Å². The number of aliphatic carboxylic acids is 2. The van der Waals surface area contributed by atoms with Crippen LogP contribution in [0.15, 0.2) is 0 Å². The first-order valence-corrected chi connectivity index (χ1v) is 2.92. The number of carboxylic acids is 2. The van der Waals surface area contributed by atoms with Crippen molar-refractivity contribution in [1.82, 2.24) is 0 Å². The van der Waals surface area contributed by atoms with Gasteiger partial charge in [-0.05, 0) is 18.8 Å². The molecule has 5 heteroatoms. The van der Waals surface area contributed by atoms with Crippen LogP contribution in [0.5, 0.6) is 0 Å². The van der Waals surface area contributed by atoms with E-state index < -0.39 is 17.9 Å². The second kappa shape index (κ2) is 6.18. The third-order valence-corrected chi connectivity index (χ3v) is 1.03. The summed E-state index contributed by atoms with van der Waals surface area (Å²) in [4.78, 5) is 19.7. The summed E-state index contributed by atoms with van der Waals surface area (Å²) in [7, 11) is 0. The van der Waals surface area contributed by atoms with E-state index in [4.69, 9.17) is 0 Å². The number of hydrogen-bond donors (Lipinski definition) is 0. The molecule has 0 aromatic rings. The Morgan fingerprint density at radius 3 is 1.64 bits per heavy atom. The van der Waals surface area contributed by atoms with Crippen molar-refractivity contribution in [3.05, 3.63) is 0 Å². The third-order valence-electron chi connectivity index (χ3n) is 1.03. The van der Waals surface area contributed by atoms with Crippen molar-refractivity contribution in [1.29, 1.82) is 0 Å². The monoisotopic (exact) mass is 203 g/mol. The molecular formula is C6H8CoO4. The van der Waals surface area contributed by atoms with Crippen molar-refractivity contribution in [3.63, 3.8) is 0 Å². The van der Waals surface area contributed by atoms with Gasteiger partial charge in [-0.1, -0.05) is 6.92 Å².